The third-order valence-electron chi connectivity index (χ3n) is 0.654. The summed E-state index contributed by atoms with van der Waals surface area (Å²) < 4.78 is 2.94. The maximum atomic E-state index is 9.07. The van der Waals surface area contributed by atoms with Crippen molar-refractivity contribution in [2.24, 2.45) is 0 Å². The van der Waals surface area contributed by atoms with Gasteiger partial charge < -0.3 is 0 Å². The average Bonchev–Trinajstić information content (AvgIpc) is 2.44. The second kappa shape index (κ2) is 8.29. The van der Waals surface area contributed by atoms with Crippen molar-refractivity contribution in [2.75, 3.05) is 0 Å². The van der Waals surface area contributed by atoms with Gasteiger partial charge in [0.25, 0.3) is 0 Å². The monoisotopic (exact) mass is 314 g/mol. The first-order valence-corrected chi connectivity index (χ1v) is 4.85. The van der Waals surface area contributed by atoms with Crippen molar-refractivity contribution < 1.29 is 26.4 Å². The van der Waals surface area contributed by atoms with Gasteiger partial charge in [-0.2, -0.15) is 6.08 Å². The van der Waals surface area contributed by atoms with E-state index in [1.807, 2.05) is 12.2 Å². The van der Waals surface area contributed by atoms with Crippen LogP contribution in [0.15, 0.2) is 18.2 Å². The quantitative estimate of drug-likeness (QED) is 0.611. The van der Waals surface area contributed by atoms with Gasteiger partial charge in [-0.3, -0.25) is 6.08 Å². The van der Waals surface area contributed by atoms with Crippen LogP contribution in [0.3, 0.4) is 0 Å². The molecular formula is C7H5IrO2-. The predicted molar refractivity (Wildman–Crippen MR) is 33.0 cm³/mol. The molecule has 55 valence electrons. The Kier molecular flexibility index (Phi) is 7.70. The van der Waals surface area contributed by atoms with Crippen LogP contribution in [0.1, 0.15) is 6.42 Å². The van der Waals surface area contributed by atoms with Gasteiger partial charge in [0.05, 0.1) is 0 Å². The summed E-state index contributed by atoms with van der Waals surface area (Å²) >= 11 is -1.08. The Labute approximate surface area is 66.2 Å². The van der Waals surface area contributed by atoms with Crippen molar-refractivity contribution in [1.82, 2.24) is 0 Å². The molecule has 0 unspecified atom stereocenters. The molecule has 0 aromatic carbocycles. The maximum Gasteiger partial charge on any atom is -0.109 e. The Morgan fingerprint density at radius 2 is 2.10 bits per heavy atom. The van der Waals surface area contributed by atoms with Gasteiger partial charge >= 0.3 is 35.2 Å². The second-order valence-electron chi connectivity index (χ2n) is 1.22. The molecule has 1 aliphatic rings. The van der Waals surface area contributed by atoms with Crippen LogP contribution < -0.4 is 0 Å². The molecule has 0 heterocycles. The van der Waals surface area contributed by atoms with E-state index in [9.17, 15) is 0 Å². The van der Waals surface area contributed by atoms with Crippen LogP contribution in [0, 0.1) is 6.08 Å². The van der Waals surface area contributed by atoms with E-state index < -0.39 is 16.8 Å². The van der Waals surface area contributed by atoms with Crippen LogP contribution in [0.4, 0.5) is 0 Å². The van der Waals surface area contributed by atoms with E-state index in [0.717, 1.165) is 6.42 Å². The zero-order valence-corrected chi connectivity index (χ0v) is 7.48. The largest absolute Gasteiger partial charge is 0.273 e. The minimum Gasteiger partial charge on any atom is -0.273 e. The van der Waals surface area contributed by atoms with Crippen molar-refractivity contribution in [3.63, 3.8) is 0 Å². The summed E-state index contributed by atoms with van der Waals surface area (Å²) in [6.45, 7) is 0. The third kappa shape index (κ3) is 7.29. The van der Waals surface area contributed by atoms with Crippen LogP contribution in [0.25, 0.3) is 0 Å². The van der Waals surface area contributed by atoms with Crippen molar-refractivity contribution in [2.45, 2.75) is 6.42 Å². The summed E-state index contributed by atoms with van der Waals surface area (Å²) in [5.74, 6) is 0. The SMILES string of the molecule is O=[C]=[Ir]=[C]=O.[C-]1=CC=CC1. The molecule has 1 aliphatic carbocycles. The molecule has 0 amide bonds. The number of hydrogen-bond donors (Lipinski definition) is 0. The molecule has 0 N–H and O–H groups in total. The molecule has 1 rings (SSSR count). The number of allylic oxidation sites excluding steroid dienone is 4. The Balaban J connectivity index is 0.000000162. The molecular weight excluding hydrogens is 308 g/mol. The minimum atomic E-state index is -1.08. The van der Waals surface area contributed by atoms with Crippen molar-refractivity contribution in [3.05, 3.63) is 24.3 Å². The van der Waals surface area contributed by atoms with Crippen LogP contribution >= 0.6 is 0 Å². The topological polar surface area (TPSA) is 34.1 Å². The average molecular weight is 313 g/mol. The Morgan fingerprint density at radius 1 is 1.40 bits per heavy atom. The van der Waals surface area contributed by atoms with Crippen molar-refractivity contribution in [3.8, 4) is 0 Å². The Hall–Kier alpha value is -0.711. The van der Waals surface area contributed by atoms with Gasteiger partial charge in [0, 0.05) is 0 Å². The number of carbonyl (C=O) groups excluding carboxylic acids is 2. The smallest absolute Gasteiger partial charge is 0.109 e. The molecule has 3 heteroatoms. The van der Waals surface area contributed by atoms with E-state index in [1.54, 1.807) is 0 Å². The molecule has 0 bridgehead atoms. The van der Waals surface area contributed by atoms with Gasteiger partial charge in [-0.1, -0.05) is 0 Å². The Morgan fingerprint density at radius 3 is 2.20 bits per heavy atom. The van der Waals surface area contributed by atoms with Crippen LogP contribution in [0.5, 0.6) is 0 Å². The van der Waals surface area contributed by atoms with Gasteiger partial charge in [0.1, 0.15) is 0 Å². The normalized spacial score (nSPS) is 11.2. The fourth-order valence-corrected chi connectivity index (χ4v) is 0.454. The molecule has 0 radical (unpaired) electrons. The molecule has 0 saturated heterocycles. The zero-order chi connectivity index (χ0) is 7.66. The van der Waals surface area contributed by atoms with Crippen molar-refractivity contribution >= 4 is 8.79 Å². The zero-order valence-electron chi connectivity index (χ0n) is 5.09. The molecule has 0 atom stereocenters. The van der Waals surface area contributed by atoms with Crippen LogP contribution in [0.2, 0.25) is 0 Å². The third-order valence-corrected chi connectivity index (χ3v) is 1.14. The first-order chi connectivity index (χ1) is 4.91. The van der Waals surface area contributed by atoms with Gasteiger partial charge in [-0.05, 0) is 0 Å². The number of rotatable bonds is 0. The van der Waals surface area contributed by atoms with E-state index in [2.05, 4.69) is 12.2 Å². The van der Waals surface area contributed by atoms with Gasteiger partial charge in [0.15, 0.2) is 0 Å². The van der Waals surface area contributed by atoms with E-state index in [4.69, 9.17) is 9.59 Å². The summed E-state index contributed by atoms with van der Waals surface area (Å²) in [4.78, 5) is 18.1. The van der Waals surface area contributed by atoms with Crippen molar-refractivity contribution in [1.29, 1.82) is 0 Å². The molecule has 0 spiro atoms. The van der Waals surface area contributed by atoms with E-state index in [1.165, 1.54) is 8.79 Å². The summed E-state index contributed by atoms with van der Waals surface area (Å²) in [6, 6.07) is 0. The van der Waals surface area contributed by atoms with Crippen LogP contribution in [-0.2, 0) is 26.4 Å². The fraction of sp³-hybridized carbons (Fsp3) is 0.143. The summed E-state index contributed by atoms with van der Waals surface area (Å²) in [7, 11) is 0. The molecule has 0 saturated carbocycles. The standard InChI is InChI=1S/C5H5.2CO.Ir/c1-2-4-5-3-1;2*1-2;/h1-3H,4H2;;;/q-1;;;. The van der Waals surface area contributed by atoms with E-state index in [0.29, 0.717) is 0 Å². The summed E-state index contributed by atoms with van der Waals surface area (Å²) in [5, 5.41) is 0. The summed E-state index contributed by atoms with van der Waals surface area (Å²) in [6.07, 6.45) is 10.0. The van der Waals surface area contributed by atoms with Gasteiger partial charge in [-0.25, -0.2) is 12.2 Å². The first-order valence-electron chi connectivity index (χ1n) is 2.46. The predicted octanol–water partition coefficient (Wildman–Crippen LogP) is 0.509. The van der Waals surface area contributed by atoms with Gasteiger partial charge in [0.2, 0.25) is 0 Å². The van der Waals surface area contributed by atoms with Crippen LogP contribution in [-0.4, -0.2) is 8.79 Å². The second-order valence-corrected chi connectivity index (χ2v) is 2.80. The molecule has 0 aromatic heterocycles. The van der Waals surface area contributed by atoms with E-state index in [-0.39, 0.29) is 0 Å². The molecule has 0 aromatic rings. The maximum absolute atomic E-state index is 9.07. The molecule has 10 heavy (non-hydrogen) atoms. The Bertz CT molecular complexity index is 214. The number of hydrogen-bond acceptors (Lipinski definition) is 2. The molecule has 0 aliphatic heterocycles. The first kappa shape index (κ1) is 9.29. The molecule has 2 nitrogen and oxygen atoms in total. The molecule has 0 fully saturated rings. The van der Waals surface area contributed by atoms with Gasteiger partial charge in [-0.15, -0.1) is 6.42 Å². The van der Waals surface area contributed by atoms with E-state index >= 15 is 0 Å². The summed E-state index contributed by atoms with van der Waals surface area (Å²) in [5.41, 5.74) is 0. The fourth-order valence-electron chi connectivity index (χ4n) is 0.354. The minimum absolute atomic E-state index is 1.01.